The molecule has 8 nitrogen and oxygen atoms in total. The van der Waals surface area contributed by atoms with Gasteiger partial charge in [0.1, 0.15) is 5.75 Å². The zero-order chi connectivity index (χ0) is 22.7. The van der Waals surface area contributed by atoms with E-state index in [0.29, 0.717) is 30.0 Å². The monoisotopic (exact) mass is 436 g/mol. The predicted octanol–water partition coefficient (Wildman–Crippen LogP) is 3.54. The summed E-state index contributed by atoms with van der Waals surface area (Å²) in [6.45, 7) is 1.16. The lowest BCUT2D eigenvalue weighted by Crippen LogP contribution is -2.27. The summed E-state index contributed by atoms with van der Waals surface area (Å²) in [5.41, 5.74) is 4.18. The first-order valence-corrected chi connectivity index (χ1v) is 10.1. The van der Waals surface area contributed by atoms with Crippen molar-refractivity contribution in [1.82, 2.24) is 25.1 Å². The molecule has 0 saturated carbocycles. The Balaban J connectivity index is 1.82. The molecule has 4 aromatic rings. The zero-order valence-corrected chi connectivity index (χ0v) is 18.5. The van der Waals surface area contributed by atoms with Crippen LogP contribution in [-0.4, -0.2) is 54.1 Å². The van der Waals surface area contributed by atoms with Crippen molar-refractivity contribution in [3.63, 3.8) is 0 Å². The number of halogens is 1. The van der Waals surface area contributed by atoms with Crippen LogP contribution in [0, 0.1) is 5.82 Å². The van der Waals surface area contributed by atoms with Gasteiger partial charge in [0.25, 0.3) is 0 Å². The summed E-state index contributed by atoms with van der Waals surface area (Å²) in [7, 11) is 6.69. The zero-order valence-electron chi connectivity index (χ0n) is 18.5. The third kappa shape index (κ3) is 4.19. The van der Waals surface area contributed by atoms with Gasteiger partial charge in [0.2, 0.25) is 0 Å². The van der Waals surface area contributed by atoms with Crippen molar-refractivity contribution in [2.45, 2.75) is 0 Å². The van der Waals surface area contributed by atoms with Crippen LogP contribution in [0.2, 0.25) is 0 Å². The Morgan fingerprint density at radius 1 is 1.09 bits per heavy atom. The number of rotatable bonds is 8. The number of hydrogen-bond acceptors (Lipinski definition) is 7. The summed E-state index contributed by atoms with van der Waals surface area (Å²) in [5.74, 6) is 0.167. The molecule has 0 aliphatic heterocycles. The molecular formula is C23H25FN6O2. The number of aromatic nitrogens is 4. The Labute approximate surface area is 185 Å². The number of hydrogen-bond donors (Lipinski definition) is 1. The SMILES string of the molecule is CNCCN(c1ccc2ncc(-c3cnn(C)c3)nc2c1)c1cc(OC)cc(OC)c1F. The normalized spacial score (nSPS) is 11.0. The van der Waals surface area contributed by atoms with E-state index in [1.807, 2.05) is 43.4 Å². The molecule has 0 amide bonds. The molecule has 2 aromatic heterocycles. The van der Waals surface area contributed by atoms with Crippen molar-refractivity contribution < 1.29 is 13.9 Å². The molecule has 0 aliphatic rings. The number of anilines is 2. The first-order chi connectivity index (χ1) is 15.5. The minimum Gasteiger partial charge on any atom is -0.497 e. The predicted molar refractivity (Wildman–Crippen MR) is 122 cm³/mol. The Bertz CT molecular complexity index is 1240. The molecule has 32 heavy (non-hydrogen) atoms. The molecule has 0 aliphatic carbocycles. The van der Waals surface area contributed by atoms with E-state index in [1.165, 1.54) is 13.2 Å². The van der Waals surface area contributed by atoms with Crippen LogP contribution in [-0.2, 0) is 7.05 Å². The van der Waals surface area contributed by atoms with Crippen molar-refractivity contribution in [3.8, 4) is 22.8 Å². The van der Waals surface area contributed by atoms with Crippen molar-refractivity contribution in [2.75, 3.05) is 39.3 Å². The molecule has 0 saturated heterocycles. The molecule has 0 unspecified atom stereocenters. The van der Waals surface area contributed by atoms with E-state index < -0.39 is 5.82 Å². The van der Waals surface area contributed by atoms with Gasteiger partial charge < -0.3 is 19.7 Å². The van der Waals surface area contributed by atoms with Gasteiger partial charge >= 0.3 is 0 Å². The molecule has 0 atom stereocenters. The van der Waals surface area contributed by atoms with Crippen molar-refractivity contribution in [3.05, 3.63) is 54.7 Å². The number of likely N-dealkylation sites (N-methyl/N-ethyl adjacent to an activating group) is 1. The van der Waals surface area contributed by atoms with Crippen LogP contribution in [0.15, 0.2) is 48.9 Å². The van der Waals surface area contributed by atoms with Gasteiger partial charge in [-0.25, -0.2) is 9.37 Å². The molecule has 9 heteroatoms. The summed E-state index contributed by atoms with van der Waals surface area (Å²) in [4.78, 5) is 11.2. The summed E-state index contributed by atoms with van der Waals surface area (Å²) < 4.78 is 27.6. The van der Waals surface area contributed by atoms with E-state index in [9.17, 15) is 0 Å². The Hall–Kier alpha value is -3.72. The highest BCUT2D eigenvalue weighted by atomic mass is 19.1. The van der Waals surface area contributed by atoms with Crippen molar-refractivity contribution in [2.24, 2.45) is 7.05 Å². The molecule has 0 bridgehead atoms. The maximum absolute atomic E-state index is 15.3. The van der Waals surface area contributed by atoms with Gasteiger partial charge in [-0.05, 0) is 25.2 Å². The third-order valence-corrected chi connectivity index (χ3v) is 5.16. The number of fused-ring (bicyclic) bond motifs is 1. The smallest absolute Gasteiger partial charge is 0.188 e. The standard InChI is InChI=1S/C23H25FN6O2/c1-25-7-8-30(21-10-17(31-3)11-22(32-4)23(21)24)16-5-6-18-19(9-16)28-20(13-26-18)15-12-27-29(2)14-15/h5-6,9-14,25H,7-8H2,1-4H3. The van der Waals surface area contributed by atoms with Gasteiger partial charge in [0, 0.05) is 49.7 Å². The molecule has 166 valence electrons. The highest BCUT2D eigenvalue weighted by Gasteiger charge is 2.20. The highest BCUT2D eigenvalue weighted by molar-refractivity contribution is 5.82. The molecule has 0 radical (unpaired) electrons. The van der Waals surface area contributed by atoms with Crippen molar-refractivity contribution in [1.29, 1.82) is 0 Å². The fourth-order valence-electron chi connectivity index (χ4n) is 3.49. The second-order valence-corrected chi connectivity index (χ2v) is 7.25. The van der Waals surface area contributed by atoms with E-state index in [1.54, 1.807) is 30.3 Å². The fraction of sp³-hybridized carbons (Fsp3) is 0.261. The third-order valence-electron chi connectivity index (χ3n) is 5.16. The lowest BCUT2D eigenvalue weighted by molar-refractivity contribution is 0.374. The fourth-order valence-corrected chi connectivity index (χ4v) is 3.49. The molecule has 1 N–H and O–H groups in total. The average molecular weight is 436 g/mol. The second-order valence-electron chi connectivity index (χ2n) is 7.25. The lowest BCUT2D eigenvalue weighted by Gasteiger charge is -2.26. The maximum atomic E-state index is 15.3. The van der Waals surface area contributed by atoms with E-state index in [-0.39, 0.29) is 5.75 Å². The van der Waals surface area contributed by atoms with Crippen LogP contribution in [0.25, 0.3) is 22.3 Å². The lowest BCUT2D eigenvalue weighted by atomic mass is 10.1. The van der Waals surface area contributed by atoms with Gasteiger partial charge in [0.15, 0.2) is 11.6 Å². The number of methoxy groups -OCH3 is 2. The first-order valence-electron chi connectivity index (χ1n) is 10.1. The van der Waals surface area contributed by atoms with E-state index in [4.69, 9.17) is 14.5 Å². The number of aryl methyl sites for hydroxylation is 1. The van der Waals surface area contributed by atoms with E-state index in [0.717, 1.165) is 22.5 Å². The van der Waals surface area contributed by atoms with Crippen LogP contribution in [0.5, 0.6) is 11.5 Å². The Morgan fingerprint density at radius 3 is 2.62 bits per heavy atom. The topological polar surface area (TPSA) is 77.3 Å². The number of nitrogens with zero attached hydrogens (tertiary/aromatic N) is 5. The van der Waals surface area contributed by atoms with E-state index in [2.05, 4.69) is 15.4 Å². The molecule has 2 heterocycles. The first kappa shape index (κ1) is 21.5. The number of ether oxygens (including phenoxy) is 2. The number of benzene rings is 2. The average Bonchev–Trinajstić information content (AvgIpc) is 3.26. The molecule has 0 fully saturated rings. The highest BCUT2D eigenvalue weighted by Crippen LogP contribution is 2.37. The minimum atomic E-state index is -0.459. The van der Waals surface area contributed by atoms with E-state index >= 15 is 4.39 Å². The largest absolute Gasteiger partial charge is 0.497 e. The summed E-state index contributed by atoms with van der Waals surface area (Å²) in [6, 6.07) is 8.88. The maximum Gasteiger partial charge on any atom is 0.188 e. The van der Waals surface area contributed by atoms with Crippen LogP contribution >= 0.6 is 0 Å². The molecular weight excluding hydrogens is 411 g/mol. The second kappa shape index (κ2) is 9.19. The van der Waals surface area contributed by atoms with Gasteiger partial charge in [0.05, 0.1) is 49.0 Å². The Kier molecular flexibility index (Phi) is 6.18. The summed E-state index contributed by atoms with van der Waals surface area (Å²) >= 11 is 0. The van der Waals surface area contributed by atoms with Gasteiger partial charge in [-0.3, -0.25) is 9.67 Å². The van der Waals surface area contributed by atoms with Crippen LogP contribution in [0.4, 0.5) is 15.8 Å². The molecule has 0 spiro atoms. The minimum absolute atomic E-state index is 0.119. The quantitative estimate of drug-likeness (QED) is 0.453. The van der Waals surface area contributed by atoms with Gasteiger partial charge in [-0.2, -0.15) is 5.10 Å². The van der Waals surface area contributed by atoms with Crippen LogP contribution < -0.4 is 19.7 Å². The van der Waals surface area contributed by atoms with Gasteiger partial charge in [-0.1, -0.05) is 0 Å². The Morgan fingerprint density at radius 2 is 1.94 bits per heavy atom. The van der Waals surface area contributed by atoms with Crippen molar-refractivity contribution >= 4 is 22.4 Å². The van der Waals surface area contributed by atoms with Gasteiger partial charge in [-0.15, -0.1) is 0 Å². The van der Waals surface area contributed by atoms with Crippen LogP contribution in [0.3, 0.4) is 0 Å². The molecule has 2 aromatic carbocycles. The number of nitrogens with one attached hydrogen (secondary N) is 1. The molecule has 4 rings (SSSR count). The summed E-state index contributed by atoms with van der Waals surface area (Å²) in [6.07, 6.45) is 5.36. The van der Waals surface area contributed by atoms with Crippen LogP contribution in [0.1, 0.15) is 0 Å². The summed E-state index contributed by atoms with van der Waals surface area (Å²) in [5, 5.41) is 7.32.